The van der Waals surface area contributed by atoms with Gasteiger partial charge < -0.3 is 5.32 Å². The molecule has 0 saturated carbocycles. The minimum Gasteiger partial charge on any atom is -0.345 e. The van der Waals surface area contributed by atoms with E-state index in [1.807, 2.05) is 67.6 Å². The third kappa shape index (κ3) is 3.59. The lowest BCUT2D eigenvalue weighted by atomic mass is 10.1. The number of aromatic nitrogens is 3. The normalized spacial score (nSPS) is 12.0. The number of para-hydroxylation sites is 1. The van der Waals surface area contributed by atoms with Crippen LogP contribution >= 0.6 is 0 Å². The zero-order valence-electron chi connectivity index (χ0n) is 17.9. The number of pyridine rings is 2. The minimum atomic E-state index is -0.430. The van der Waals surface area contributed by atoms with Crippen molar-refractivity contribution in [2.45, 2.75) is 13.0 Å². The lowest BCUT2D eigenvalue weighted by molar-refractivity contribution is 0.0937. The van der Waals surface area contributed by atoms with Crippen LogP contribution in [0.15, 0.2) is 95.9 Å². The molecule has 3 heterocycles. The minimum absolute atomic E-state index is 0.0429. The monoisotopic (exact) mass is 435 g/mol. The van der Waals surface area contributed by atoms with Crippen LogP contribution in [0.1, 0.15) is 28.9 Å². The number of rotatable bonds is 4. The first-order chi connectivity index (χ1) is 16.0. The van der Waals surface area contributed by atoms with E-state index >= 15 is 0 Å². The van der Waals surface area contributed by atoms with Crippen molar-refractivity contribution in [2.24, 2.45) is 0 Å². The second-order valence-electron chi connectivity index (χ2n) is 7.77. The molecular formula is C26H21N5O2. The van der Waals surface area contributed by atoms with Crippen molar-refractivity contribution >= 4 is 22.6 Å². The van der Waals surface area contributed by atoms with Gasteiger partial charge in [-0.15, -0.1) is 0 Å². The van der Waals surface area contributed by atoms with Gasteiger partial charge in [-0.25, -0.2) is 4.98 Å². The summed E-state index contributed by atoms with van der Waals surface area (Å²) in [5.74, 6) is -0.430. The molecule has 0 aliphatic heterocycles. The predicted molar refractivity (Wildman–Crippen MR) is 126 cm³/mol. The molecular weight excluding hydrogens is 414 g/mol. The first-order valence-corrected chi connectivity index (χ1v) is 10.6. The van der Waals surface area contributed by atoms with Crippen LogP contribution in [0.4, 0.5) is 0 Å². The highest BCUT2D eigenvalue weighted by Gasteiger charge is 2.20. The fourth-order valence-corrected chi connectivity index (χ4v) is 3.93. The number of fused-ring (bicyclic) bond motifs is 2. The molecule has 33 heavy (non-hydrogen) atoms. The number of hydrogen-bond donors (Lipinski definition) is 2. The van der Waals surface area contributed by atoms with Gasteiger partial charge in [-0.05, 0) is 42.8 Å². The van der Waals surface area contributed by atoms with Crippen LogP contribution < -0.4 is 16.4 Å². The number of benzene rings is 2. The van der Waals surface area contributed by atoms with Gasteiger partial charge >= 0.3 is 0 Å². The summed E-state index contributed by atoms with van der Waals surface area (Å²) < 4.78 is 2.99. The number of hydrogen-bond acceptors (Lipinski definition) is 4. The van der Waals surface area contributed by atoms with Gasteiger partial charge in [-0.3, -0.25) is 24.0 Å². The Labute approximate surface area is 189 Å². The number of nitrogens with one attached hydrogen (secondary N) is 2. The highest BCUT2D eigenvalue weighted by atomic mass is 16.2. The molecule has 0 fully saturated rings. The molecule has 0 unspecified atom stereocenters. The Hall–Kier alpha value is -4.52. The molecule has 0 spiro atoms. The van der Waals surface area contributed by atoms with Crippen molar-refractivity contribution in [2.75, 3.05) is 0 Å². The van der Waals surface area contributed by atoms with E-state index in [0.717, 1.165) is 5.56 Å². The Morgan fingerprint density at radius 3 is 2.36 bits per heavy atom. The third-order valence-electron chi connectivity index (χ3n) is 5.63. The first-order valence-electron chi connectivity index (χ1n) is 10.6. The largest absolute Gasteiger partial charge is 0.345 e. The van der Waals surface area contributed by atoms with Crippen LogP contribution in [-0.4, -0.2) is 19.9 Å². The van der Waals surface area contributed by atoms with E-state index in [9.17, 15) is 9.59 Å². The summed E-state index contributed by atoms with van der Waals surface area (Å²) in [6, 6.07) is 25.3. The first kappa shape index (κ1) is 20.4. The topological polar surface area (TPSA) is 92.2 Å². The van der Waals surface area contributed by atoms with E-state index in [1.165, 1.54) is 10.5 Å². The molecule has 2 N–H and O–H groups in total. The Kier molecular flexibility index (Phi) is 5.06. The molecule has 7 heteroatoms. The van der Waals surface area contributed by atoms with Gasteiger partial charge in [0.1, 0.15) is 11.1 Å². The third-order valence-corrected chi connectivity index (χ3v) is 5.63. The van der Waals surface area contributed by atoms with E-state index in [-0.39, 0.29) is 28.0 Å². The van der Waals surface area contributed by atoms with E-state index in [1.54, 1.807) is 29.0 Å². The smallest absolute Gasteiger partial charge is 0.267 e. The maximum absolute atomic E-state index is 13.3. The highest BCUT2D eigenvalue weighted by Crippen LogP contribution is 2.16. The van der Waals surface area contributed by atoms with Crippen LogP contribution in [-0.2, 0) is 0 Å². The Balaban J connectivity index is 1.75. The van der Waals surface area contributed by atoms with Gasteiger partial charge in [0.15, 0.2) is 5.65 Å². The van der Waals surface area contributed by atoms with Gasteiger partial charge in [0, 0.05) is 11.9 Å². The maximum Gasteiger partial charge on any atom is 0.267 e. The van der Waals surface area contributed by atoms with Gasteiger partial charge in [0.2, 0.25) is 0 Å². The summed E-state index contributed by atoms with van der Waals surface area (Å²) in [7, 11) is 0. The molecule has 1 amide bonds. The van der Waals surface area contributed by atoms with Crippen LogP contribution in [0.3, 0.4) is 0 Å². The average Bonchev–Trinajstić information content (AvgIpc) is 2.85. The molecule has 3 aromatic heterocycles. The van der Waals surface area contributed by atoms with Crippen molar-refractivity contribution in [1.82, 2.24) is 19.3 Å². The molecule has 0 aliphatic rings. The molecule has 0 aliphatic carbocycles. The Morgan fingerprint density at radius 1 is 0.970 bits per heavy atom. The van der Waals surface area contributed by atoms with Crippen molar-refractivity contribution < 1.29 is 4.79 Å². The van der Waals surface area contributed by atoms with Crippen LogP contribution in [0, 0.1) is 5.41 Å². The Bertz CT molecular complexity index is 1610. The number of carbonyl (C=O) groups excluding carboxylic acids is 1. The second kappa shape index (κ2) is 8.20. The molecule has 5 aromatic rings. The molecule has 0 radical (unpaired) electrons. The van der Waals surface area contributed by atoms with Crippen LogP contribution in [0.25, 0.3) is 22.4 Å². The summed E-state index contributed by atoms with van der Waals surface area (Å²) >= 11 is 0. The summed E-state index contributed by atoms with van der Waals surface area (Å²) in [5.41, 5.74) is 2.14. The van der Waals surface area contributed by atoms with Gasteiger partial charge in [-0.1, -0.05) is 54.6 Å². The van der Waals surface area contributed by atoms with Crippen molar-refractivity contribution in [1.29, 1.82) is 5.41 Å². The fraction of sp³-hybridized carbons (Fsp3) is 0.0769. The summed E-state index contributed by atoms with van der Waals surface area (Å²) in [6.07, 6.45) is 1.64. The molecule has 0 saturated heterocycles. The zero-order chi connectivity index (χ0) is 22.9. The zero-order valence-corrected chi connectivity index (χ0v) is 17.9. The molecule has 5 rings (SSSR count). The summed E-state index contributed by atoms with van der Waals surface area (Å²) in [6.45, 7) is 1.88. The van der Waals surface area contributed by atoms with E-state index in [4.69, 9.17) is 5.41 Å². The summed E-state index contributed by atoms with van der Waals surface area (Å²) in [5, 5.41) is 12.1. The van der Waals surface area contributed by atoms with E-state index in [0.29, 0.717) is 17.0 Å². The highest BCUT2D eigenvalue weighted by molar-refractivity contribution is 5.97. The fourth-order valence-electron chi connectivity index (χ4n) is 3.93. The Morgan fingerprint density at radius 2 is 1.64 bits per heavy atom. The number of carbonyl (C=O) groups is 1. The van der Waals surface area contributed by atoms with Gasteiger partial charge in [-0.2, -0.15) is 0 Å². The second-order valence-corrected chi connectivity index (χ2v) is 7.77. The van der Waals surface area contributed by atoms with E-state index < -0.39 is 5.91 Å². The molecule has 1 atom stereocenters. The molecule has 162 valence electrons. The maximum atomic E-state index is 13.3. The van der Waals surface area contributed by atoms with Crippen LogP contribution in [0.2, 0.25) is 0 Å². The summed E-state index contributed by atoms with van der Waals surface area (Å²) in [4.78, 5) is 31.3. The number of amides is 1. The van der Waals surface area contributed by atoms with Crippen LogP contribution in [0.5, 0.6) is 0 Å². The van der Waals surface area contributed by atoms with Gasteiger partial charge in [0.25, 0.3) is 11.5 Å². The quantitative estimate of drug-likeness (QED) is 0.423. The lowest BCUT2D eigenvalue weighted by Crippen LogP contribution is -2.35. The number of nitrogens with zero attached hydrogens (tertiary/aromatic N) is 3. The van der Waals surface area contributed by atoms with Crippen molar-refractivity contribution in [3.8, 4) is 5.69 Å². The van der Waals surface area contributed by atoms with Gasteiger partial charge in [0.05, 0.1) is 17.0 Å². The predicted octanol–water partition coefficient (Wildman–Crippen LogP) is 3.61. The molecule has 0 bridgehead atoms. The van der Waals surface area contributed by atoms with E-state index in [2.05, 4.69) is 10.3 Å². The average molecular weight is 435 g/mol. The standard InChI is InChI=1S/C26H21N5O2/c1-17(18-10-4-2-5-11-18)28-25(32)20-16-21-24(29-22-14-8-9-15-30(22)26(21)33)31(23(20)27)19-12-6-3-7-13-19/h2-17,27H,1H3,(H,28,32)/t17-/m0/s1. The lowest BCUT2D eigenvalue weighted by Gasteiger charge is -2.17. The van der Waals surface area contributed by atoms with Crippen molar-refractivity contribution in [3.63, 3.8) is 0 Å². The SMILES string of the molecule is C[C@H](NC(=O)c1cc2c(=O)n3ccccc3nc2n(-c2ccccc2)c1=N)c1ccccc1. The molecule has 7 nitrogen and oxygen atoms in total. The molecule has 2 aromatic carbocycles. The van der Waals surface area contributed by atoms with Crippen molar-refractivity contribution in [3.05, 3.63) is 118 Å².